The second kappa shape index (κ2) is 4.80. The summed E-state index contributed by atoms with van der Waals surface area (Å²) in [5.41, 5.74) is 11.6. The van der Waals surface area contributed by atoms with Crippen LogP contribution in [0.15, 0.2) is 0 Å². The van der Waals surface area contributed by atoms with E-state index in [0.29, 0.717) is 24.3 Å². The number of ether oxygens (including phenoxy) is 2. The molecular weight excluding hydrogens is 288 g/mol. The molecular formula is C13H18N6O3. The highest BCUT2D eigenvalue weighted by Crippen LogP contribution is 2.24. The van der Waals surface area contributed by atoms with E-state index >= 15 is 0 Å². The Balaban J connectivity index is 2.11. The number of imidazole rings is 1. The number of hydrogen-bond donors (Lipinski definition) is 2. The van der Waals surface area contributed by atoms with Crippen LogP contribution < -0.4 is 11.5 Å². The summed E-state index contributed by atoms with van der Waals surface area (Å²) in [4.78, 5) is 24.6. The summed E-state index contributed by atoms with van der Waals surface area (Å²) in [5, 5.41) is 0. The number of carbonyl (C=O) groups is 1. The number of nitrogens with zero attached hydrogens (tertiary/aromatic N) is 4. The Kier molecular flexibility index (Phi) is 3.17. The Labute approximate surface area is 126 Å². The van der Waals surface area contributed by atoms with E-state index in [9.17, 15) is 4.79 Å². The Bertz CT molecular complexity index is 744. The number of esters is 1. The van der Waals surface area contributed by atoms with Crippen LogP contribution in [0.1, 0.15) is 31.4 Å². The van der Waals surface area contributed by atoms with Crippen LogP contribution in [0.25, 0.3) is 11.2 Å². The van der Waals surface area contributed by atoms with Gasteiger partial charge in [-0.15, -0.1) is 0 Å². The molecule has 3 heterocycles. The highest BCUT2D eigenvalue weighted by atomic mass is 16.6. The maximum Gasteiger partial charge on any atom is 0.375 e. The third kappa shape index (κ3) is 2.80. The van der Waals surface area contributed by atoms with Gasteiger partial charge in [0, 0.05) is 0 Å². The number of nitrogen functional groups attached to an aromatic ring is 2. The highest BCUT2D eigenvalue weighted by molar-refractivity contribution is 5.93. The second-order valence-electron chi connectivity index (χ2n) is 6.14. The minimum Gasteiger partial charge on any atom is -0.454 e. The third-order valence-electron chi connectivity index (χ3n) is 3.01. The summed E-state index contributed by atoms with van der Waals surface area (Å²) >= 11 is 0. The lowest BCUT2D eigenvalue weighted by Crippen LogP contribution is -2.26. The predicted octanol–water partition coefficient (Wildman–Crippen LogP) is 0.345. The van der Waals surface area contributed by atoms with Crippen LogP contribution in [0.3, 0.4) is 0 Å². The van der Waals surface area contributed by atoms with Crippen molar-refractivity contribution in [2.75, 3.05) is 18.1 Å². The molecule has 4 N–H and O–H groups in total. The van der Waals surface area contributed by atoms with Crippen molar-refractivity contribution in [3.8, 4) is 0 Å². The molecule has 0 aromatic carbocycles. The monoisotopic (exact) mass is 306 g/mol. The molecule has 1 aliphatic heterocycles. The van der Waals surface area contributed by atoms with Gasteiger partial charge in [-0.2, -0.15) is 9.97 Å². The molecule has 1 fully saturated rings. The van der Waals surface area contributed by atoms with Gasteiger partial charge in [-0.1, -0.05) is 0 Å². The fourth-order valence-corrected chi connectivity index (χ4v) is 2.07. The van der Waals surface area contributed by atoms with Crippen molar-refractivity contribution in [3.63, 3.8) is 0 Å². The van der Waals surface area contributed by atoms with Crippen molar-refractivity contribution in [1.82, 2.24) is 19.5 Å². The minimum atomic E-state index is -0.633. The number of anilines is 2. The smallest absolute Gasteiger partial charge is 0.375 e. The van der Waals surface area contributed by atoms with Gasteiger partial charge < -0.3 is 25.5 Å². The summed E-state index contributed by atoms with van der Waals surface area (Å²) in [7, 11) is 0. The first-order valence-corrected chi connectivity index (χ1v) is 6.89. The molecule has 2 aromatic rings. The number of aromatic nitrogens is 4. The molecule has 0 amide bonds. The largest absolute Gasteiger partial charge is 0.454 e. The fraction of sp³-hybridized carbons (Fsp3) is 0.538. The lowest BCUT2D eigenvalue weighted by atomic mass is 10.2. The number of fused-ring (bicyclic) bond motifs is 1. The van der Waals surface area contributed by atoms with E-state index in [1.54, 1.807) is 25.3 Å². The van der Waals surface area contributed by atoms with Gasteiger partial charge in [-0.3, -0.25) is 0 Å². The summed E-state index contributed by atoms with van der Waals surface area (Å²) in [6, 6.07) is 0. The van der Waals surface area contributed by atoms with Crippen LogP contribution >= 0.6 is 0 Å². The molecule has 0 radical (unpaired) electrons. The van der Waals surface area contributed by atoms with Crippen molar-refractivity contribution < 1.29 is 14.3 Å². The van der Waals surface area contributed by atoms with Gasteiger partial charge in [-0.05, 0) is 20.8 Å². The number of rotatable bonds is 3. The Morgan fingerprint density at radius 1 is 1.36 bits per heavy atom. The van der Waals surface area contributed by atoms with Crippen LogP contribution in [-0.4, -0.2) is 43.8 Å². The quantitative estimate of drug-likeness (QED) is 0.612. The van der Waals surface area contributed by atoms with Crippen LogP contribution in [-0.2, 0) is 16.0 Å². The highest BCUT2D eigenvalue weighted by Gasteiger charge is 2.30. The van der Waals surface area contributed by atoms with Crippen LogP contribution in [0, 0.1) is 0 Å². The first kappa shape index (κ1) is 14.5. The van der Waals surface area contributed by atoms with E-state index in [1.165, 1.54) is 0 Å². The Morgan fingerprint density at radius 2 is 2.05 bits per heavy atom. The number of epoxide rings is 1. The van der Waals surface area contributed by atoms with E-state index in [-0.39, 0.29) is 23.7 Å². The fourth-order valence-electron chi connectivity index (χ4n) is 2.07. The van der Waals surface area contributed by atoms with Crippen LogP contribution in [0.5, 0.6) is 0 Å². The van der Waals surface area contributed by atoms with Gasteiger partial charge in [0.25, 0.3) is 0 Å². The number of hydrogen-bond acceptors (Lipinski definition) is 8. The number of nitrogens with two attached hydrogens (primary N) is 2. The van der Waals surface area contributed by atoms with E-state index in [2.05, 4.69) is 15.0 Å². The normalized spacial score (nSPS) is 17.7. The average Bonchev–Trinajstić information content (AvgIpc) is 3.09. The molecule has 0 unspecified atom stereocenters. The summed E-state index contributed by atoms with van der Waals surface area (Å²) in [6.07, 6.45) is 0.0241. The Morgan fingerprint density at radius 3 is 2.64 bits per heavy atom. The SMILES string of the molecule is CC(C)(C)OC(=O)c1nc2c(N)nc(N)nc2n1C[C@@H]1CO1. The number of carbonyl (C=O) groups excluding carboxylic acids is 1. The lowest BCUT2D eigenvalue weighted by Gasteiger charge is -2.19. The van der Waals surface area contributed by atoms with E-state index in [0.717, 1.165) is 0 Å². The molecule has 118 valence electrons. The molecule has 1 aliphatic rings. The van der Waals surface area contributed by atoms with Crippen LogP contribution in [0.4, 0.5) is 11.8 Å². The standard InChI is InChI=1S/C13H18N6O3/c1-13(2,3)22-11(20)10-16-7-8(14)17-12(15)18-9(7)19(10)4-6-5-21-6/h6H,4-5H2,1-3H3,(H4,14,15,17,18)/t6-/m1/s1. The lowest BCUT2D eigenvalue weighted by molar-refractivity contribution is 0.00508. The summed E-state index contributed by atoms with van der Waals surface area (Å²) in [5.74, 6) is -0.280. The van der Waals surface area contributed by atoms with E-state index in [1.807, 2.05) is 0 Å². The van der Waals surface area contributed by atoms with E-state index in [4.69, 9.17) is 20.9 Å². The molecule has 0 saturated carbocycles. The molecule has 9 nitrogen and oxygen atoms in total. The zero-order chi connectivity index (χ0) is 16.1. The topological polar surface area (TPSA) is 134 Å². The first-order valence-electron chi connectivity index (χ1n) is 6.89. The molecule has 1 saturated heterocycles. The van der Waals surface area contributed by atoms with Gasteiger partial charge >= 0.3 is 5.97 Å². The van der Waals surface area contributed by atoms with Crippen molar-refractivity contribution in [1.29, 1.82) is 0 Å². The molecule has 3 rings (SSSR count). The first-order chi connectivity index (χ1) is 10.2. The summed E-state index contributed by atoms with van der Waals surface area (Å²) < 4.78 is 12.2. The van der Waals surface area contributed by atoms with Gasteiger partial charge in [0.1, 0.15) is 5.60 Å². The van der Waals surface area contributed by atoms with Crippen molar-refractivity contribution in [3.05, 3.63) is 5.82 Å². The third-order valence-corrected chi connectivity index (χ3v) is 3.01. The molecule has 9 heteroatoms. The van der Waals surface area contributed by atoms with Gasteiger partial charge in [-0.25, -0.2) is 9.78 Å². The zero-order valence-electron chi connectivity index (χ0n) is 12.7. The second-order valence-corrected chi connectivity index (χ2v) is 6.14. The molecule has 22 heavy (non-hydrogen) atoms. The molecule has 0 bridgehead atoms. The molecule has 1 atom stereocenters. The minimum absolute atomic E-state index is 0.0241. The maximum absolute atomic E-state index is 12.4. The van der Waals surface area contributed by atoms with Crippen molar-refractivity contribution in [2.45, 2.75) is 39.0 Å². The predicted molar refractivity (Wildman–Crippen MR) is 79.1 cm³/mol. The maximum atomic E-state index is 12.4. The molecule has 0 spiro atoms. The zero-order valence-corrected chi connectivity index (χ0v) is 12.7. The van der Waals surface area contributed by atoms with Gasteiger partial charge in [0.05, 0.1) is 19.3 Å². The van der Waals surface area contributed by atoms with Crippen molar-refractivity contribution in [2.24, 2.45) is 0 Å². The van der Waals surface area contributed by atoms with Gasteiger partial charge in [0.2, 0.25) is 11.8 Å². The molecule has 2 aromatic heterocycles. The Hall–Kier alpha value is -2.42. The summed E-state index contributed by atoms with van der Waals surface area (Å²) in [6.45, 7) is 6.42. The van der Waals surface area contributed by atoms with Gasteiger partial charge in [0.15, 0.2) is 17.0 Å². The average molecular weight is 306 g/mol. The van der Waals surface area contributed by atoms with Crippen molar-refractivity contribution >= 4 is 28.9 Å². The molecule has 0 aliphatic carbocycles. The van der Waals surface area contributed by atoms with E-state index < -0.39 is 11.6 Å². The van der Waals surface area contributed by atoms with Crippen LogP contribution in [0.2, 0.25) is 0 Å².